The molecule has 4 heterocycles. The molecule has 9 nitrogen and oxygen atoms in total. The number of fused-ring (bicyclic) bond motifs is 2. The van der Waals surface area contributed by atoms with E-state index in [1.54, 1.807) is 4.68 Å². The molecule has 1 saturated heterocycles. The number of aromatic amines is 1. The molecule has 1 aromatic carbocycles. The van der Waals surface area contributed by atoms with Crippen molar-refractivity contribution < 1.29 is 4.79 Å². The zero-order valence-electron chi connectivity index (χ0n) is 18.3. The van der Waals surface area contributed by atoms with Gasteiger partial charge in [-0.2, -0.15) is 4.98 Å². The molecule has 164 valence electrons. The average molecular weight is 431 g/mol. The minimum absolute atomic E-state index is 0.221. The highest BCUT2D eigenvalue weighted by Gasteiger charge is 2.48. The van der Waals surface area contributed by atoms with Gasteiger partial charge in [0, 0.05) is 49.5 Å². The number of carbonyl (C=O) groups is 1. The molecule has 3 aromatic heterocycles. The summed E-state index contributed by atoms with van der Waals surface area (Å²) in [7, 11) is 1.89. The van der Waals surface area contributed by atoms with Crippen LogP contribution >= 0.6 is 0 Å². The molecule has 9 heteroatoms. The first-order valence-corrected chi connectivity index (χ1v) is 11.2. The Morgan fingerprint density at radius 1 is 1.25 bits per heavy atom. The Kier molecular flexibility index (Phi) is 4.21. The first-order valence-electron chi connectivity index (χ1n) is 11.2. The summed E-state index contributed by atoms with van der Waals surface area (Å²) in [5.41, 5.74) is 4.49. The standard InChI is InChI=1S/C23H26N8O/c1-23(21(32)31-7-3-4-8-31)10-15(11-23)26-22-25-13-17-16(12-24-20(17)27-22)14-5-6-18-19(9-14)30(2)29-28-18/h5-6,9,12-13,15H,3-4,7-8,10-11H2,1-2H3,(H2,24,25,26,27)/t15-,23+. The van der Waals surface area contributed by atoms with Crippen molar-refractivity contribution in [3.8, 4) is 11.1 Å². The Hall–Kier alpha value is -3.49. The van der Waals surface area contributed by atoms with E-state index in [2.05, 4.69) is 43.6 Å². The highest BCUT2D eigenvalue weighted by molar-refractivity contribution is 5.95. The molecule has 32 heavy (non-hydrogen) atoms. The molecule has 1 aliphatic carbocycles. The predicted molar refractivity (Wildman–Crippen MR) is 122 cm³/mol. The summed E-state index contributed by atoms with van der Waals surface area (Å²) in [5, 5.41) is 12.6. The highest BCUT2D eigenvalue weighted by Crippen LogP contribution is 2.44. The molecule has 2 fully saturated rings. The lowest BCUT2D eigenvalue weighted by Gasteiger charge is -2.45. The quantitative estimate of drug-likeness (QED) is 0.515. The fourth-order valence-electron chi connectivity index (χ4n) is 5.20. The van der Waals surface area contributed by atoms with Crippen molar-refractivity contribution in [2.45, 2.75) is 38.6 Å². The van der Waals surface area contributed by atoms with Crippen LogP contribution in [-0.2, 0) is 11.8 Å². The lowest BCUT2D eigenvalue weighted by Crippen LogP contribution is -2.53. The molecule has 0 spiro atoms. The molecule has 1 aliphatic heterocycles. The highest BCUT2D eigenvalue weighted by atomic mass is 16.2. The maximum atomic E-state index is 12.8. The lowest BCUT2D eigenvalue weighted by molar-refractivity contribution is -0.145. The molecule has 2 aliphatic rings. The Bertz CT molecular complexity index is 1330. The van der Waals surface area contributed by atoms with Crippen LogP contribution < -0.4 is 5.32 Å². The number of hydrogen-bond acceptors (Lipinski definition) is 6. The number of nitrogens with zero attached hydrogens (tertiary/aromatic N) is 6. The van der Waals surface area contributed by atoms with E-state index < -0.39 is 0 Å². The molecule has 0 bridgehead atoms. The number of anilines is 1. The molecular formula is C23H26N8O. The average Bonchev–Trinajstić information content (AvgIpc) is 3.52. The van der Waals surface area contributed by atoms with Gasteiger partial charge in [0.1, 0.15) is 11.2 Å². The summed E-state index contributed by atoms with van der Waals surface area (Å²) in [6, 6.07) is 6.32. The van der Waals surface area contributed by atoms with Gasteiger partial charge in [-0.05, 0) is 43.4 Å². The van der Waals surface area contributed by atoms with E-state index in [9.17, 15) is 4.79 Å². The van der Waals surface area contributed by atoms with Crippen molar-refractivity contribution >= 4 is 33.9 Å². The van der Waals surface area contributed by atoms with E-state index in [0.29, 0.717) is 11.9 Å². The van der Waals surface area contributed by atoms with Gasteiger partial charge in [-0.1, -0.05) is 18.2 Å². The third-order valence-electron chi connectivity index (χ3n) is 6.99. The Balaban J connectivity index is 1.19. The summed E-state index contributed by atoms with van der Waals surface area (Å²) >= 11 is 0. The molecule has 4 aromatic rings. The van der Waals surface area contributed by atoms with Crippen LogP contribution in [0.1, 0.15) is 32.6 Å². The fourth-order valence-corrected chi connectivity index (χ4v) is 5.20. The molecular weight excluding hydrogens is 404 g/mol. The van der Waals surface area contributed by atoms with Crippen LogP contribution in [0.2, 0.25) is 0 Å². The van der Waals surface area contributed by atoms with Gasteiger partial charge in [0.2, 0.25) is 11.9 Å². The number of benzene rings is 1. The van der Waals surface area contributed by atoms with Crippen molar-refractivity contribution in [3.63, 3.8) is 0 Å². The molecule has 2 N–H and O–H groups in total. The first kappa shape index (κ1) is 19.2. The number of nitrogens with one attached hydrogen (secondary N) is 2. The van der Waals surface area contributed by atoms with Gasteiger partial charge in [-0.3, -0.25) is 4.79 Å². The molecule has 1 saturated carbocycles. The maximum Gasteiger partial charge on any atom is 0.228 e. The zero-order valence-corrected chi connectivity index (χ0v) is 18.3. The normalized spacial score (nSPS) is 23.1. The lowest BCUT2D eigenvalue weighted by atomic mass is 9.66. The zero-order chi connectivity index (χ0) is 21.9. The summed E-state index contributed by atoms with van der Waals surface area (Å²) in [5.74, 6) is 0.900. The minimum Gasteiger partial charge on any atom is -0.351 e. The number of carbonyl (C=O) groups excluding carboxylic acids is 1. The third kappa shape index (κ3) is 3.03. The Labute approximate surface area is 185 Å². The van der Waals surface area contributed by atoms with Crippen LogP contribution in [0.15, 0.2) is 30.6 Å². The summed E-state index contributed by atoms with van der Waals surface area (Å²) in [6.07, 6.45) is 7.71. The second kappa shape index (κ2) is 7.01. The van der Waals surface area contributed by atoms with E-state index in [-0.39, 0.29) is 11.5 Å². The van der Waals surface area contributed by atoms with Crippen molar-refractivity contribution in [3.05, 3.63) is 30.6 Å². The van der Waals surface area contributed by atoms with Gasteiger partial charge in [0.15, 0.2) is 0 Å². The van der Waals surface area contributed by atoms with E-state index in [1.165, 1.54) is 0 Å². The fraction of sp³-hybridized carbons (Fsp3) is 0.435. The van der Waals surface area contributed by atoms with Crippen molar-refractivity contribution in [2.75, 3.05) is 18.4 Å². The summed E-state index contributed by atoms with van der Waals surface area (Å²) in [6.45, 7) is 3.90. The molecule has 1 amide bonds. The molecule has 0 atom stereocenters. The van der Waals surface area contributed by atoms with Crippen molar-refractivity contribution in [1.29, 1.82) is 0 Å². The number of H-pyrrole nitrogens is 1. The maximum absolute atomic E-state index is 12.8. The number of hydrogen-bond donors (Lipinski definition) is 2. The summed E-state index contributed by atoms with van der Waals surface area (Å²) in [4.78, 5) is 27.3. The van der Waals surface area contributed by atoms with Crippen LogP contribution in [0.25, 0.3) is 33.2 Å². The van der Waals surface area contributed by atoms with Gasteiger partial charge < -0.3 is 15.2 Å². The Morgan fingerprint density at radius 3 is 2.88 bits per heavy atom. The number of rotatable bonds is 4. The number of amides is 1. The smallest absolute Gasteiger partial charge is 0.228 e. The van der Waals surface area contributed by atoms with Crippen LogP contribution in [0.3, 0.4) is 0 Å². The monoisotopic (exact) mass is 430 g/mol. The second-order valence-electron chi connectivity index (χ2n) is 9.38. The van der Waals surface area contributed by atoms with E-state index in [0.717, 1.165) is 72.0 Å². The van der Waals surface area contributed by atoms with E-state index in [4.69, 9.17) is 0 Å². The van der Waals surface area contributed by atoms with Crippen molar-refractivity contribution in [2.24, 2.45) is 12.5 Å². The minimum atomic E-state index is -0.259. The summed E-state index contributed by atoms with van der Waals surface area (Å²) < 4.78 is 1.77. The van der Waals surface area contributed by atoms with Crippen LogP contribution in [0.4, 0.5) is 5.95 Å². The molecule has 6 rings (SSSR count). The largest absolute Gasteiger partial charge is 0.351 e. The SMILES string of the molecule is Cn1nnc2ccc(-c3c[nH]c4nc(N[C@H]5C[C@@](C)(C(=O)N6CCCC6)C5)ncc34)cc21. The van der Waals surface area contributed by atoms with Gasteiger partial charge in [-0.25, -0.2) is 9.67 Å². The molecule has 0 radical (unpaired) electrons. The Morgan fingerprint density at radius 2 is 2.06 bits per heavy atom. The van der Waals surface area contributed by atoms with E-state index in [1.807, 2.05) is 36.5 Å². The predicted octanol–water partition coefficient (Wildman–Crippen LogP) is 3.11. The van der Waals surface area contributed by atoms with Crippen LogP contribution in [0.5, 0.6) is 0 Å². The van der Waals surface area contributed by atoms with Crippen LogP contribution in [0, 0.1) is 5.41 Å². The first-order chi connectivity index (χ1) is 15.5. The molecule has 0 unspecified atom stereocenters. The third-order valence-corrected chi connectivity index (χ3v) is 6.99. The number of likely N-dealkylation sites (tertiary alicyclic amines) is 1. The second-order valence-corrected chi connectivity index (χ2v) is 9.38. The van der Waals surface area contributed by atoms with Crippen LogP contribution in [-0.4, -0.2) is 59.9 Å². The van der Waals surface area contributed by atoms with E-state index >= 15 is 0 Å². The van der Waals surface area contributed by atoms with Gasteiger partial charge in [0.25, 0.3) is 0 Å². The van der Waals surface area contributed by atoms with Gasteiger partial charge in [0.05, 0.1) is 10.9 Å². The van der Waals surface area contributed by atoms with Gasteiger partial charge >= 0.3 is 0 Å². The van der Waals surface area contributed by atoms with Crippen molar-refractivity contribution in [1.82, 2.24) is 34.8 Å². The number of aromatic nitrogens is 6. The topological polar surface area (TPSA) is 105 Å². The van der Waals surface area contributed by atoms with Gasteiger partial charge in [-0.15, -0.1) is 5.10 Å². The number of aryl methyl sites for hydroxylation is 1.